The molecule has 1 amide bonds. The third-order valence-electron chi connectivity index (χ3n) is 3.96. The summed E-state index contributed by atoms with van der Waals surface area (Å²) in [4.78, 5) is 33.2. The number of thioether (sulfide) groups is 1. The lowest BCUT2D eigenvalue weighted by atomic mass is 10.1. The molecular formula is C18H24N4O2S. The Morgan fingerprint density at radius 2 is 2.04 bits per heavy atom. The highest BCUT2D eigenvalue weighted by Crippen LogP contribution is 2.10. The number of H-pyrrole nitrogens is 1. The van der Waals surface area contributed by atoms with Crippen LogP contribution in [0.4, 0.5) is 5.69 Å². The molecule has 0 bridgehead atoms. The van der Waals surface area contributed by atoms with Crippen LogP contribution in [0.1, 0.15) is 17.7 Å². The second-order valence-electron chi connectivity index (χ2n) is 5.75. The first-order valence-corrected chi connectivity index (χ1v) is 9.40. The molecule has 0 aliphatic heterocycles. The van der Waals surface area contributed by atoms with Crippen molar-refractivity contribution in [2.24, 2.45) is 0 Å². The van der Waals surface area contributed by atoms with E-state index in [1.165, 1.54) is 11.8 Å². The topological polar surface area (TPSA) is 78.1 Å². The number of benzene rings is 1. The molecule has 6 nitrogen and oxygen atoms in total. The molecule has 0 saturated carbocycles. The van der Waals surface area contributed by atoms with Crippen molar-refractivity contribution in [2.45, 2.75) is 24.9 Å². The number of nitrogens with zero attached hydrogens (tertiary/aromatic N) is 2. The van der Waals surface area contributed by atoms with Gasteiger partial charge in [0.15, 0.2) is 5.16 Å². The lowest BCUT2D eigenvalue weighted by Crippen LogP contribution is -2.33. The highest BCUT2D eigenvalue weighted by atomic mass is 32.2. The van der Waals surface area contributed by atoms with Gasteiger partial charge in [-0.05, 0) is 31.7 Å². The molecule has 25 heavy (non-hydrogen) atoms. The highest BCUT2D eigenvalue weighted by molar-refractivity contribution is 7.98. The van der Waals surface area contributed by atoms with Crippen LogP contribution in [0.3, 0.4) is 0 Å². The Labute approximate surface area is 152 Å². The van der Waals surface area contributed by atoms with Crippen LogP contribution in [-0.2, 0) is 11.2 Å². The molecule has 0 aliphatic carbocycles. The van der Waals surface area contributed by atoms with Crippen molar-refractivity contribution in [3.8, 4) is 0 Å². The summed E-state index contributed by atoms with van der Waals surface area (Å²) in [5.41, 5.74) is 2.21. The number of aromatic nitrogens is 2. The molecule has 2 aromatic rings. The molecule has 0 aliphatic rings. The minimum Gasteiger partial charge on any atom is -0.373 e. The van der Waals surface area contributed by atoms with Gasteiger partial charge in [0.2, 0.25) is 5.91 Å². The van der Waals surface area contributed by atoms with E-state index < -0.39 is 0 Å². The molecule has 1 heterocycles. The molecule has 1 aromatic carbocycles. The number of aromatic amines is 1. The lowest BCUT2D eigenvalue weighted by molar-refractivity contribution is -0.120. The fourth-order valence-electron chi connectivity index (χ4n) is 2.48. The summed E-state index contributed by atoms with van der Waals surface area (Å²) in [5.74, 6) is -0.0609. The van der Waals surface area contributed by atoms with E-state index >= 15 is 0 Å². The molecule has 134 valence electrons. The number of carbonyl (C=O) groups is 1. The molecule has 7 heteroatoms. The Hall–Kier alpha value is -2.28. The zero-order valence-electron chi connectivity index (χ0n) is 14.8. The molecule has 2 rings (SSSR count). The van der Waals surface area contributed by atoms with Crippen molar-refractivity contribution in [3.05, 3.63) is 51.9 Å². The van der Waals surface area contributed by atoms with Gasteiger partial charge in [0.05, 0.1) is 0 Å². The number of nitrogens with one attached hydrogen (secondary N) is 2. The molecule has 2 N–H and O–H groups in total. The number of hydrogen-bond donors (Lipinski definition) is 2. The standard InChI is InChI=1S/C18H24N4O2S/c1-13-15(17(24)21-18(20-13)25-3)9-10-16(23)19-11-12-22(2)14-7-5-4-6-8-14/h4-8H,9-12H2,1-3H3,(H,19,23)(H,20,21,24). The van der Waals surface area contributed by atoms with E-state index in [1.54, 1.807) is 6.92 Å². The van der Waals surface area contributed by atoms with E-state index in [4.69, 9.17) is 0 Å². The normalized spacial score (nSPS) is 10.5. The quantitative estimate of drug-likeness (QED) is 0.556. The monoisotopic (exact) mass is 360 g/mol. The smallest absolute Gasteiger partial charge is 0.254 e. The first-order valence-electron chi connectivity index (χ1n) is 8.18. The summed E-state index contributed by atoms with van der Waals surface area (Å²) in [7, 11) is 1.99. The maximum absolute atomic E-state index is 12.0. The number of para-hydroxylation sites is 1. The number of hydrogen-bond acceptors (Lipinski definition) is 5. The fraction of sp³-hybridized carbons (Fsp3) is 0.389. The van der Waals surface area contributed by atoms with Crippen LogP contribution in [0.5, 0.6) is 0 Å². The van der Waals surface area contributed by atoms with Crippen molar-refractivity contribution in [1.29, 1.82) is 0 Å². The second-order valence-corrected chi connectivity index (χ2v) is 6.54. The predicted octanol–water partition coefficient (Wildman–Crippen LogP) is 1.99. The van der Waals surface area contributed by atoms with E-state index in [1.807, 2.05) is 43.6 Å². The molecule has 1 aromatic heterocycles. The highest BCUT2D eigenvalue weighted by Gasteiger charge is 2.10. The average Bonchev–Trinajstić information content (AvgIpc) is 2.61. The second kappa shape index (κ2) is 9.27. The van der Waals surface area contributed by atoms with Crippen LogP contribution in [0.25, 0.3) is 0 Å². The van der Waals surface area contributed by atoms with E-state index in [0.717, 1.165) is 12.2 Å². The molecule has 0 radical (unpaired) electrons. The fourth-order valence-corrected chi connectivity index (χ4v) is 2.90. The van der Waals surface area contributed by atoms with Gasteiger partial charge in [0.25, 0.3) is 5.56 Å². The third-order valence-corrected chi connectivity index (χ3v) is 4.54. The van der Waals surface area contributed by atoms with Crippen molar-refractivity contribution in [1.82, 2.24) is 15.3 Å². The zero-order chi connectivity index (χ0) is 18.2. The van der Waals surface area contributed by atoms with Gasteiger partial charge in [-0.2, -0.15) is 0 Å². The number of carbonyl (C=O) groups excluding carboxylic acids is 1. The Bertz CT molecular complexity index is 761. The number of rotatable bonds is 8. The third kappa shape index (κ3) is 5.63. The molecule has 0 saturated heterocycles. The van der Waals surface area contributed by atoms with Gasteiger partial charge >= 0.3 is 0 Å². The minimum absolute atomic E-state index is 0.0609. The molecule has 0 spiro atoms. The van der Waals surface area contributed by atoms with Crippen LogP contribution in [0.2, 0.25) is 0 Å². The van der Waals surface area contributed by atoms with Gasteiger partial charge in [-0.15, -0.1) is 0 Å². The van der Waals surface area contributed by atoms with Crippen molar-refractivity contribution < 1.29 is 4.79 Å². The average molecular weight is 360 g/mol. The summed E-state index contributed by atoms with van der Waals surface area (Å²) >= 11 is 1.39. The van der Waals surface area contributed by atoms with Gasteiger partial charge in [0.1, 0.15) is 0 Å². The van der Waals surface area contributed by atoms with Crippen LogP contribution in [0, 0.1) is 6.92 Å². The van der Waals surface area contributed by atoms with E-state index in [-0.39, 0.29) is 17.9 Å². The summed E-state index contributed by atoms with van der Waals surface area (Å²) in [6.07, 6.45) is 2.53. The van der Waals surface area contributed by atoms with E-state index in [0.29, 0.717) is 29.4 Å². The van der Waals surface area contributed by atoms with E-state index in [9.17, 15) is 9.59 Å². The van der Waals surface area contributed by atoms with Crippen LogP contribution in [-0.4, -0.2) is 42.3 Å². The molecule has 0 atom stereocenters. The SMILES string of the molecule is CSc1nc(C)c(CCC(=O)NCCN(C)c2ccccc2)c(=O)[nH]1. The Morgan fingerprint density at radius 3 is 2.68 bits per heavy atom. The number of amides is 1. The number of aryl methyl sites for hydroxylation is 1. The number of likely N-dealkylation sites (N-methyl/N-ethyl adjacent to an activating group) is 1. The van der Waals surface area contributed by atoms with Gasteiger partial charge in [-0.25, -0.2) is 4.98 Å². The first-order chi connectivity index (χ1) is 12.0. The summed E-state index contributed by atoms with van der Waals surface area (Å²) in [5, 5.41) is 3.49. The van der Waals surface area contributed by atoms with Crippen LogP contribution >= 0.6 is 11.8 Å². The number of anilines is 1. The first kappa shape index (κ1) is 19.1. The van der Waals surface area contributed by atoms with Gasteiger partial charge in [-0.1, -0.05) is 30.0 Å². The van der Waals surface area contributed by atoms with Crippen molar-refractivity contribution >= 4 is 23.4 Å². The largest absolute Gasteiger partial charge is 0.373 e. The van der Waals surface area contributed by atoms with E-state index in [2.05, 4.69) is 20.2 Å². The Kier molecular flexibility index (Phi) is 7.06. The maximum atomic E-state index is 12.0. The Balaban J connectivity index is 1.79. The molecular weight excluding hydrogens is 336 g/mol. The van der Waals surface area contributed by atoms with Crippen LogP contribution < -0.4 is 15.8 Å². The molecule has 0 unspecified atom stereocenters. The molecule has 0 fully saturated rings. The van der Waals surface area contributed by atoms with Gasteiger partial charge in [0, 0.05) is 43.5 Å². The Morgan fingerprint density at radius 1 is 1.32 bits per heavy atom. The van der Waals surface area contributed by atoms with Crippen LogP contribution in [0.15, 0.2) is 40.3 Å². The van der Waals surface area contributed by atoms with Gasteiger partial charge < -0.3 is 15.2 Å². The summed E-state index contributed by atoms with van der Waals surface area (Å²) in [6, 6.07) is 10.0. The maximum Gasteiger partial charge on any atom is 0.254 e. The van der Waals surface area contributed by atoms with Gasteiger partial charge in [-0.3, -0.25) is 9.59 Å². The predicted molar refractivity (Wildman–Crippen MR) is 102 cm³/mol. The van der Waals surface area contributed by atoms with Crippen molar-refractivity contribution in [2.75, 3.05) is 31.3 Å². The zero-order valence-corrected chi connectivity index (χ0v) is 15.7. The summed E-state index contributed by atoms with van der Waals surface area (Å²) in [6.45, 7) is 3.08. The lowest BCUT2D eigenvalue weighted by Gasteiger charge is -2.19. The minimum atomic E-state index is -0.159. The summed E-state index contributed by atoms with van der Waals surface area (Å²) < 4.78 is 0. The van der Waals surface area contributed by atoms with Crippen molar-refractivity contribution in [3.63, 3.8) is 0 Å².